The first kappa shape index (κ1) is 25.4. The number of nitrogens with zero attached hydrogens (tertiary/aromatic N) is 1. The van der Waals surface area contributed by atoms with Crippen LogP contribution in [0.4, 0.5) is 0 Å². The predicted octanol–water partition coefficient (Wildman–Crippen LogP) is 2.61. The van der Waals surface area contributed by atoms with Crippen molar-refractivity contribution in [3.8, 4) is 0 Å². The Labute approximate surface area is 189 Å². The second-order valence-corrected chi connectivity index (χ2v) is 8.99. The van der Waals surface area contributed by atoms with E-state index in [1.807, 2.05) is 32.0 Å². The average Bonchev–Trinajstić information content (AvgIpc) is 3.07. The molecule has 2 aromatic rings. The molecule has 0 saturated heterocycles. The van der Waals surface area contributed by atoms with Crippen molar-refractivity contribution in [3.63, 3.8) is 0 Å². The van der Waals surface area contributed by atoms with Gasteiger partial charge in [0, 0.05) is 19.3 Å². The van der Waals surface area contributed by atoms with Crippen molar-refractivity contribution in [3.05, 3.63) is 53.5 Å². The number of furan rings is 1. The number of aliphatic hydroxyl groups is 1. The van der Waals surface area contributed by atoms with Gasteiger partial charge in [0.25, 0.3) is 0 Å². The SMILES string of the molecule is CCNC(=NCC(C)(O)c1ccc(C)o1)NCCc1ccc(S(C)(=O)=O)cc1.I. The van der Waals surface area contributed by atoms with Gasteiger partial charge in [-0.2, -0.15) is 0 Å². The molecule has 0 spiro atoms. The summed E-state index contributed by atoms with van der Waals surface area (Å²) in [6.07, 6.45) is 1.91. The highest BCUT2D eigenvalue weighted by Crippen LogP contribution is 2.23. The number of hydrogen-bond donors (Lipinski definition) is 3. The average molecular weight is 535 g/mol. The Kier molecular flexibility index (Phi) is 9.63. The Balaban J connectivity index is 0.00000420. The van der Waals surface area contributed by atoms with E-state index in [-0.39, 0.29) is 30.5 Å². The van der Waals surface area contributed by atoms with Gasteiger partial charge in [0.15, 0.2) is 15.8 Å². The van der Waals surface area contributed by atoms with E-state index in [0.29, 0.717) is 36.1 Å². The van der Waals surface area contributed by atoms with Gasteiger partial charge in [-0.25, -0.2) is 13.4 Å². The summed E-state index contributed by atoms with van der Waals surface area (Å²) in [5.74, 6) is 1.82. The first-order valence-corrected chi connectivity index (χ1v) is 11.1. The maximum absolute atomic E-state index is 11.5. The van der Waals surface area contributed by atoms with Crippen molar-refractivity contribution >= 4 is 39.8 Å². The molecule has 9 heteroatoms. The van der Waals surface area contributed by atoms with Crippen LogP contribution in [0.2, 0.25) is 0 Å². The van der Waals surface area contributed by atoms with Crippen molar-refractivity contribution in [1.82, 2.24) is 10.6 Å². The molecule has 0 aliphatic carbocycles. The van der Waals surface area contributed by atoms with E-state index in [1.165, 1.54) is 6.26 Å². The number of aryl methyl sites for hydroxylation is 1. The summed E-state index contributed by atoms with van der Waals surface area (Å²) >= 11 is 0. The standard InChI is InChI=1S/C20H29N3O4S.HI/c1-5-21-19(23-14-20(3,24)18-11-6-15(2)27-18)22-13-12-16-7-9-17(10-8-16)28(4,25)26;/h6-11,24H,5,12-14H2,1-4H3,(H2,21,22,23);1H. The summed E-state index contributed by atoms with van der Waals surface area (Å²) in [7, 11) is -3.18. The third kappa shape index (κ3) is 7.98. The molecular formula is C20H30IN3O4S. The van der Waals surface area contributed by atoms with Gasteiger partial charge in [-0.3, -0.25) is 0 Å². The molecule has 0 bridgehead atoms. The highest BCUT2D eigenvalue weighted by atomic mass is 127. The van der Waals surface area contributed by atoms with Crippen molar-refractivity contribution in [2.45, 2.75) is 37.7 Å². The third-order valence-corrected chi connectivity index (χ3v) is 5.35. The number of nitrogens with one attached hydrogen (secondary N) is 2. The minimum Gasteiger partial charge on any atom is -0.463 e. The number of guanidine groups is 1. The molecule has 0 radical (unpaired) electrons. The minimum absolute atomic E-state index is 0. The largest absolute Gasteiger partial charge is 0.463 e. The van der Waals surface area contributed by atoms with E-state index in [1.54, 1.807) is 25.1 Å². The van der Waals surface area contributed by atoms with Crippen LogP contribution in [0.3, 0.4) is 0 Å². The first-order valence-electron chi connectivity index (χ1n) is 9.22. The Morgan fingerprint density at radius 3 is 2.34 bits per heavy atom. The fraction of sp³-hybridized carbons (Fsp3) is 0.450. The van der Waals surface area contributed by atoms with Crippen LogP contribution in [0.15, 0.2) is 50.7 Å². The van der Waals surface area contributed by atoms with Crippen LogP contribution in [-0.2, 0) is 21.9 Å². The van der Waals surface area contributed by atoms with Crippen molar-refractivity contribution in [2.24, 2.45) is 4.99 Å². The van der Waals surface area contributed by atoms with Crippen molar-refractivity contribution in [2.75, 3.05) is 25.9 Å². The summed E-state index contributed by atoms with van der Waals surface area (Å²) in [5.41, 5.74) is -0.174. The van der Waals surface area contributed by atoms with Gasteiger partial charge in [-0.05, 0) is 57.0 Å². The van der Waals surface area contributed by atoms with Crippen LogP contribution in [0.5, 0.6) is 0 Å². The monoisotopic (exact) mass is 535 g/mol. The zero-order chi connectivity index (χ0) is 20.8. The molecule has 1 atom stereocenters. The highest BCUT2D eigenvalue weighted by molar-refractivity contribution is 14.0. The van der Waals surface area contributed by atoms with E-state index in [0.717, 1.165) is 11.3 Å². The lowest BCUT2D eigenvalue weighted by Crippen LogP contribution is -2.39. The zero-order valence-corrected chi connectivity index (χ0v) is 20.4. The van der Waals surface area contributed by atoms with Crippen LogP contribution in [0, 0.1) is 6.92 Å². The molecular weight excluding hydrogens is 505 g/mol. The molecule has 2 rings (SSSR count). The molecule has 3 N–H and O–H groups in total. The number of halogens is 1. The summed E-state index contributed by atoms with van der Waals surface area (Å²) < 4.78 is 28.5. The normalized spacial score (nSPS) is 14.0. The van der Waals surface area contributed by atoms with Gasteiger partial charge in [0.05, 0.1) is 11.4 Å². The number of aliphatic imine (C=N–C) groups is 1. The number of benzene rings is 1. The van der Waals surface area contributed by atoms with Gasteiger partial charge in [-0.15, -0.1) is 24.0 Å². The molecule has 0 saturated carbocycles. The van der Waals surface area contributed by atoms with E-state index in [4.69, 9.17) is 4.42 Å². The van der Waals surface area contributed by atoms with E-state index in [2.05, 4.69) is 15.6 Å². The molecule has 29 heavy (non-hydrogen) atoms. The maximum atomic E-state index is 11.5. The molecule has 162 valence electrons. The molecule has 1 unspecified atom stereocenters. The smallest absolute Gasteiger partial charge is 0.191 e. The predicted molar refractivity (Wildman–Crippen MR) is 126 cm³/mol. The Hall–Kier alpha value is -1.59. The number of hydrogen-bond acceptors (Lipinski definition) is 5. The Morgan fingerprint density at radius 2 is 1.83 bits per heavy atom. The van der Waals surface area contributed by atoms with E-state index >= 15 is 0 Å². The summed E-state index contributed by atoms with van der Waals surface area (Å²) in [4.78, 5) is 4.77. The fourth-order valence-corrected chi connectivity index (χ4v) is 3.24. The molecule has 7 nitrogen and oxygen atoms in total. The lowest BCUT2D eigenvalue weighted by atomic mass is 10.0. The van der Waals surface area contributed by atoms with Gasteiger partial charge in [0.1, 0.15) is 17.1 Å². The lowest BCUT2D eigenvalue weighted by molar-refractivity contribution is 0.0428. The summed E-state index contributed by atoms with van der Waals surface area (Å²) in [6.45, 7) is 6.93. The second kappa shape index (κ2) is 11.0. The van der Waals surface area contributed by atoms with Gasteiger partial charge < -0.3 is 20.2 Å². The molecule has 1 aromatic carbocycles. The highest BCUT2D eigenvalue weighted by Gasteiger charge is 2.26. The first-order chi connectivity index (χ1) is 13.1. The Morgan fingerprint density at radius 1 is 1.17 bits per heavy atom. The quantitative estimate of drug-likeness (QED) is 0.273. The molecule has 0 fully saturated rings. The van der Waals surface area contributed by atoms with Crippen molar-refractivity contribution in [1.29, 1.82) is 0 Å². The third-order valence-electron chi connectivity index (χ3n) is 4.22. The van der Waals surface area contributed by atoms with Crippen molar-refractivity contribution < 1.29 is 17.9 Å². The Bertz CT molecular complexity index is 906. The minimum atomic E-state index is -3.18. The molecule has 1 aromatic heterocycles. The fourth-order valence-electron chi connectivity index (χ4n) is 2.61. The van der Waals surface area contributed by atoms with Crippen LogP contribution in [0.25, 0.3) is 0 Å². The second-order valence-electron chi connectivity index (χ2n) is 6.97. The summed E-state index contributed by atoms with van der Waals surface area (Å²) in [6, 6.07) is 10.4. The summed E-state index contributed by atoms with van der Waals surface area (Å²) in [5, 5.41) is 17.0. The lowest BCUT2D eigenvalue weighted by Gasteiger charge is -2.19. The number of rotatable bonds is 8. The number of sulfone groups is 1. The zero-order valence-electron chi connectivity index (χ0n) is 17.2. The van der Waals surface area contributed by atoms with E-state index in [9.17, 15) is 13.5 Å². The van der Waals surface area contributed by atoms with E-state index < -0.39 is 15.4 Å². The van der Waals surface area contributed by atoms with Crippen LogP contribution in [-0.4, -0.2) is 45.4 Å². The van der Waals surface area contributed by atoms with Crippen LogP contribution in [0.1, 0.15) is 30.9 Å². The molecule has 0 aliphatic heterocycles. The maximum Gasteiger partial charge on any atom is 0.191 e. The molecule has 1 heterocycles. The molecule has 0 aliphatic rings. The topological polar surface area (TPSA) is 104 Å². The van der Waals surface area contributed by atoms with Crippen LogP contribution >= 0.6 is 24.0 Å². The van der Waals surface area contributed by atoms with Gasteiger partial charge >= 0.3 is 0 Å². The van der Waals surface area contributed by atoms with Gasteiger partial charge in [-0.1, -0.05) is 12.1 Å². The van der Waals surface area contributed by atoms with Gasteiger partial charge in [0.2, 0.25) is 0 Å². The molecule has 0 amide bonds. The van der Waals surface area contributed by atoms with Crippen LogP contribution < -0.4 is 10.6 Å².